The molecule has 0 spiro atoms. The number of carbonyl (C=O) groups excluding carboxylic acids is 2. The maximum atomic E-state index is 14.3. The van der Waals surface area contributed by atoms with Crippen LogP contribution in [0.2, 0.25) is 5.02 Å². The van der Waals surface area contributed by atoms with E-state index in [2.05, 4.69) is 17.3 Å². The first kappa shape index (κ1) is 25.6. The molecule has 2 aromatic carbocycles. The number of likely N-dealkylation sites (tertiary alicyclic amines) is 1. The van der Waals surface area contributed by atoms with E-state index in [1.165, 1.54) is 10.7 Å². The Kier molecular flexibility index (Phi) is 7.20. The number of piperidine rings is 1. The molecule has 5 rings (SSSR count). The number of hydrogen-bond acceptors (Lipinski definition) is 5. The lowest BCUT2D eigenvalue weighted by atomic mass is 10.0. The summed E-state index contributed by atoms with van der Waals surface area (Å²) in [6.07, 6.45) is 2.48. The van der Waals surface area contributed by atoms with Gasteiger partial charge in [-0.15, -0.1) is 0 Å². The van der Waals surface area contributed by atoms with Gasteiger partial charge < -0.3 is 21.1 Å². The summed E-state index contributed by atoms with van der Waals surface area (Å²) in [7, 11) is 0. The summed E-state index contributed by atoms with van der Waals surface area (Å²) in [5, 5.41) is 17.9. The van der Waals surface area contributed by atoms with Gasteiger partial charge in [-0.05, 0) is 36.8 Å². The average molecular weight is 528 g/mol. The molecule has 1 aliphatic heterocycles. The minimum absolute atomic E-state index is 0.00199. The van der Waals surface area contributed by atoms with Crippen LogP contribution < -0.4 is 11.1 Å². The second-order valence-electron chi connectivity index (χ2n) is 9.95. The normalized spacial score (nSPS) is 23.2. The van der Waals surface area contributed by atoms with Gasteiger partial charge in [-0.2, -0.15) is 5.10 Å². The smallest absolute Gasteiger partial charge is 0.245 e. The molecular formula is C27H31ClFN5O3. The summed E-state index contributed by atoms with van der Waals surface area (Å²) in [6, 6.07) is 11.3. The number of hydrogen-bond donors (Lipinski definition) is 3. The van der Waals surface area contributed by atoms with Crippen LogP contribution in [0.3, 0.4) is 0 Å². The summed E-state index contributed by atoms with van der Waals surface area (Å²) in [6.45, 7) is 2.04. The number of fused-ring (bicyclic) bond motifs is 2. The highest BCUT2D eigenvalue weighted by Gasteiger charge is 2.62. The highest BCUT2D eigenvalue weighted by Crippen LogP contribution is 2.55. The molecule has 5 atom stereocenters. The van der Waals surface area contributed by atoms with Gasteiger partial charge in [-0.1, -0.05) is 61.7 Å². The Morgan fingerprint density at radius 2 is 2.05 bits per heavy atom. The summed E-state index contributed by atoms with van der Waals surface area (Å²) in [4.78, 5) is 28.7. The minimum Gasteiger partial charge on any atom is -0.373 e. The summed E-state index contributed by atoms with van der Waals surface area (Å²) >= 11 is 5.87. The molecule has 1 saturated carbocycles. The van der Waals surface area contributed by atoms with E-state index in [4.69, 9.17) is 17.3 Å². The van der Waals surface area contributed by atoms with Gasteiger partial charge in [-0.25, -0.2) is 4.39 Å². The summed E-state index contributed by atoms with van der Waals surface area (Å²) in [5.41, 5.74) is 6.97. The van der Waals surface area contributed by atoms with Crippen molar-refractivity contribution in [2.75, 3.05) is 0 Å². The first-order valence-corrected chi connectivity index (χ1v) is 13.1. The molecule has 3 aromatic rings. The van der Waals surface area contributed by atoms with Crippen molar-refractivity contribution in [3.05, 3.63) is 64.6 Å². The molecule has 1 aromatic heterocycles. The molecule has 0 bridgehead atoms. The third-order valence-electron chi connectivity index (χ3n) is 7.66. The van der Waals surface area contributed by atoms with Crippen LogP contribution in [0, 0.1) is 17.7 Å². The van der Waals surface area contributed by atoms with Crippen molar-refractivity contribution in [2.45, 2.75) is 64.0 Å². The first-order chi connectivity index (χ1) is 17.8. The number of para-hydroxylation sites is 1. The van der Waals surface area contributed by atoms with Gasteiger partial charge in [0, 0.05) is 23.5 Å². The Balaban J connectivity index is 1.36. The van der Waals surface area contributed by atoms with Gasteiger partial charge in [0.2, 0.25) is 11.8 Å². The van der Waals surface area contributed by atoms with Crippen molar-refractivity contribution in [3.63, 3.8) is 0 Å². The molecular weight excluding hydrogens is 497 g/mol. The molecule has 1 aliphatic carbocycles. The molecule has 8 nitrogen and oxygen atoms in total. The Morgan fingerprint density at radius 3 is 2.81 bits per heavy atom. The first-order valence-electron chi connectivity index (χ1n) is 12.7. The standard InChI is InChI=1S/C27H31ClFN5O3/c1-2-3-8-16-18-12-21(27(37)31-13-15-7-6-10-19(28)23(15)29)34(25(16)18)22(35)14-33-20-11-5-4-9-17(20)24(32-33)26(30)36/h4-7,9-11,16,18,21,25-26,36H,2-3,8,12-14,30H2,1H3,(H,31,37)/t16-,18+,21+,25?,26?/m1/s1. The lowest BCUT2D eigenvalue weighted by molar-refractivity contribution is -0.140. The van der Waals surface area contributed by atoms with Crippen LogP contribution in [0.1, 0.15) is 50.1 Å². The van der Waals surface area contributed by atoms with Crippen LogP contribution in [0.4, 0.5) is 4.39 Å². The maximum absolute atomic E-state index is 14.3. The van der Waals surface area contributed by atoms with Crippen molar-refractivity contribution in [2.24, 2.45) is 17.6 Å². The van der Waals surface area contributed by atoms with Crippen LogP contribution in [0.15, 0.2) is 42.5 Å². The van der Waals surface area contributed by atoms with Gasteiger partial charge >= 0.3 is 0 Å². The van der Waals surface area contributed by atoms with Crippen molar-refractivity contribution >= 4 is 34.3 Å². The number of nitrogens with two attached hydrogens (primary N) is 1. The van der Waals surface area contributed by atoms with E-state index in [1.54, 1.807) is 23.1 Å². The fourth-order valence-electron chi connectivity index (χ4n) is 5.82. The summed E-state index contributed by atoms with van der Waals surface area (Å²) < 4.78 is 15.9. The Bertz CT molecular complexity index is 1330. The molecule has 10 heteroatoms. The van der Waals surface area contributed by atoms with Gasteiger partial charge in [-0.3, -0.25) is 14.3 Å². The number of benzene rings is 2. The lowest BCUT2D eigenvalue weighted by Gasteiger charge is -2.28. The van der Waals surface area contributed by atoms with Crippen molar-refractivity contribution < 1.29 is 19.1 Å². The monoisotopic (exact) mass is 527 g/mol. The number of aliphatic hydroxyl groups is 1. The zero-order valence-electron chi connectivity index (χ0n) is 20.6. The number of nitrogens with one attached hydrogen (secondary N) is 1. The molecule has 196 valence electrons. The van der Waals surface area contributed by atoms with Crippen LogP contribution in [-0.2, 0) is 22.7 Å². The van der Waals surface area contributed by atoms with Gasteiger partial charge in [0.15, 0.2) is 0 Å². The molecule has 37 heavy (non-hydrogen) atoms. The van der Waals surface area contributed by atoms with Crippen LogP contribution in [-0.4, -0.2) is 43.7 Å². The fourth-order valence-corrected chi connectivity index (χ4v) is 6.01. The Labute approximate surface area is 219 Å². The average Bonchev–Trinajstić information content (AvgIpc) is 3.21. The third-order valence-corrected chi connectivity index (χ3v) is 7.95. The molecule has 4 N–H and O–H groups in total. The van der Waals surface area contributed by atoms with Gasteiger partial charge in [0.05, 0.1) is 10.5 Å². The molecule has 2 heterocycles. The molecule has 2 unspecified atom stereocenters. The number of nitrogens with zero attached hydrogens (tertiary/aromatic N) is 3. The highest BCUT2D eigenvalue weighted by molar-refractivity contribution is 6.30. The maximum Gasteiger partial charge on any atom is 0.245 e. The highest BCUT2D eigenvalue weighted by atomic mass is 35.5. The quantitative estimate of drug-likeness (QED) is 0.369. The van der Waals surface area contributed by atoms with Gasteiger partial charge in [0.1, 0.15) is 30.3 Å². The fraction of sp³-hybridized carbons (Fsp3) is 0.444. The molecule has 0 radical (unpaired) electrons. The number of unbranched alkanes of at least 4 members (excludes halogenated alkanes) is 1. The topological polar surface area (TPSA) is 113 Å². The second-order valence-corrected chi connectivity index (χ2v) is 10.4. The largest absolute Gasteiger partial charge is 0.373 e. The van der Waals surface area contributed by atoms with E-state index in [0.29, 0.717) is 34.5 Å². The van der Waals surface area contributed by atoms with E-state index >= 15 is 0 Å². The van der Waals surface area contributed by atoms with Crippen molar-refractivity contribution in [3.8, 4) is 0 Å². The molecule has 2 aliphatic rings. The predicted molar refractivity (Wildman–Crippen MR) is 138 cm³/mol. The zero-order chi connectivity index (χ0) is 26.3. The Hall–Kier alpha value is -3.01. The number of aromatic nitrogens is 2. The van der Waals surface area contributed by atoms with E-state index in [9.17, 15) is 19.1 Å². The third kappa shape index (κ3) is 4.83. The molecule has 2 amide bonds. The lowest BCUT2D eigenvalue weighted by Crippen LogP contribution is -2.49. The van der Waals surface area contributed by atoms with E-state index in [-0.39, 0.29) is 41.9 Å². The molecule has 1 saturated heterocycles. The molecule has 2 fully saturated rings. The van der Waals surface area contributed by atoms with E-state index in [0.717, 1.165) is 19.3 Å². The summed E-state index contributed by atoms with van der Waals surface area (Å²) in [5.74, 6) is -0.418. The predicted octanol–water partition coefficient (Wildman–Crippen LogP) is 3.50. The zero-order valence-corrected chi connectivity index (χ0v) is 21.4. The number of rotatable bonds is 9. The van der Waals surface area contributed by atoms with Crippen LogP contribution >= 0.6 is 11.6 Å². The van der Waals surface area contributed by atoms with Crippen LogP contribution in [0.5, 0.6) is 0 Å². The number of amides is 2. The van der Waals surface area contributed by atoms with Crippen LogP contribution in [0.25, 0.3) is 10.9 Å². The second kappa shape index (κ2) is 10.4. The number of aliphatic hydroxyl groups excluding tert-OH is 1. The van der Waals surface area contributed by atoms with Crippen molar-refractivity contribution in [1.82, 2.24) is 20.0 Å². The number of halogens is 2. The van der Waals surface area contributed by atoms with Crippen molar-refractivity contribution in [1.29, 1.82) is 0 Å². The van der Waals surface area contributed by atoms with E-state index in [1.807, 2.05) is 18.2 Å². The SMILES string of the molecule is CCCC[C@H]1C2[C@H]1C[C@@H](C(=O)NCc1cccc(Cl)c1F)N2C(=O)Cn1nc(C(N)O)c2ccccc21. The number of carbonyl (C=O) groups is 2. The van der Waals surface area contributed by atoms with Gasteiger partial charge in [0.25, 0.3) is 0 Å². The Morgan fingerprint density at radius 1 is 1.27 bits per heavy atom. The van der Waals surface area contributed by atoms with E-state index < -0.39 is 18.1 Å². The minimum atomic E-state index is -1.27.